The first-order valence-corrected chi connectivity index (χ1v) is 21.0. The quantitative estimate of drug-likeness (QED) is 0.0737. The van der Waals surface area contributed by atoms with E-state index in [9.17, 15) is 36.4 Å². The Bertz CT molecular complexity index is 1930. The fourth-order valence-electron chi connectivity index (χ4n) is 4.16. The first kappa shape index (κ1) is 54.6. The Balaban J connectivity index is 0. The number of ether oxygens (including phenoxy) is 1. The van der Waals surface area contributed by atoms with Crippen LogP contribution in [0.1, 0.15) is 51.7 Å². The zero-order valence-corrected chi connectivity index (χ0v) is 37.6. The maximum Gasteiger partial charge on any atom is 0.373 e. The number of hydrogen-bond donors (Lipinski definition) is 1. The van der Waals surface area contributed by atoms with Crippen molar-refractivity contribution in [2.75, 3.05) is 49.0 Å². The second-order valence-corrected chi connectivity index (χ2v) is 17.3. The lowest BCUT2D eigenvalue weighted by Crippen LogP contribution is -2.26. The number of hydroxylamine groups is 2. The monoisotopic (exact) mass is 930 g/mol. The highest BCUT2D eigenvalue weighted by molar-refractivity contribution is 9.08. The summed E-state index contributed by atoms with van der Waals surface area (Å²) in [4.78, 5) is 55.9. The van der Waals surface area contributed by atoms with Gasteiger partial charge in [-0.05, 0) is 69.0 Å². The van der Waals surface area contributed by atoms with Gasteiger partial charge in [0.1, 0.15) is 28.5 Å². The van der Waals surface area contributed by atoms with Crippen LogP contribution in [0.2, 0.25) is 10.0 Å². The lowest BCUT2D eigenvalue weighted by Gasteiger charge is -2.19. The van der Waals surface area contributed by atoms with E-state index in [2.05, 4.69) is 25.9 Å². The molecule has 0 aliphatic heterocycles. The highest BCUT2D eigenvalue weighted by Gasteiger charge is 2.28. The topological polar surface area (TPSA) is 214 Å². The lowest BCUT2D eigenvalue weighted by atomic mass is 9.89. The van der Waals surface area contributed by atoms with Crippen molar-refractivity contribution < 1.29 is 55.6 Å². The number of benzene rings is 2. The number of halogens is 3. The van der Waals surface area contributed by atoms with Crippen molar-refractivity contribution in [3.8, 4) is 0 Å². The van der Waals surface area contributed by atoms with Gasteiger partial charge in [0.05, 0.1) is 33.9 Å². The summed E-state index contributed by atoms with van der Waals surface area (Å²) in [6, 6.07) is 9.23. The predicted molar refractivity (Wildman–Crippen MR) is 214 cm³/mol. The molecule has 56 heavy (non-hydrogen) atoms. The van der Waals surface area contributed by atoms with Gasteiger partial charge in [-0.1, -0.05) is 63.3 Å². The summed E-state index contributed by atoms with van der Waals surface area (Å²) in [6.45, 7) is 6.55. The fourth-order valence-corrected chi connectivity index (χ4v) is 7.38. The van der Waals surface area contributed by atoms with Gasteiger partial charge in [-0.15, -0.1) is 0 Å². The molecule has 0 amide bonds. The van der Waals surface area contributed by atoms with Crippen LogP contribution in [0.25, 0.3) is 0 Å². The minimum atomic E-state index is -3.71. The van der Waals surface area contributed by atoms with E-state index in [1.807, 2.05) is 6.92 Å². The maximum atomic E-state index is 12.3. The van der Waals surface area contributed by atoms with Gasteiger partial charge in [-0.25, -0.2) is 30.2 Å². The summed E-state index contributed by atoms with van der Waals surface area (Å²) < 4.78 is 55.3. The van der Waals surface area contributed by atoms with Crippen LogP contribution >= 0.6 is 39.1 Å². The molecular formula is C35H49BrCl2N4O12S2. The smallest absolute Gasteiger partial charge is 0.373 e. The van der Waals surface area contributed by atoms with E-state index < -0.39 is 31.9 Å². The molecule has 0 aliphatic carbocycles. The van der Waals surface area contributed by atoms with Crippen molar-refractivity contribution >= 4 is 88.6 Å². The number of rotatable bonds is 16. The molecule has 0 fully saturated rings. The number of carbonyl (C=O) groups is 3. The molecule has 0 spiro atoms. The number of sulfonamides is 2. The first-order valence-electron chi connectivity index (χ1n) is 16.3. The van der Waals surface area contributed by atoms with E-state index in [4.69, 9.17) is 37.5 Å². The van der Waals surface area contributed by atoms with Gasteiger partial charge in [0, 0.05) is 53.2 Å². The van der Waals surface area contributed by atoms with Crippen LogP contribution in [-0.2, 0) is 65.3 Å². The normalized spacial score (nSPS) is 12.1. The molecule has 1 N–H and O–H groups in total. The van der Waals surface area contributed by atoms with Gasteiger partial charge in [-0.2, -0.15) is 9.59 Å². The van der Waals surface area contributed by atoms with E-state index in [-0.39, 0.29) is 56.2 Å². The molecule has 1 atom stereocenters. The van der Waals surface area contributed by atoms with Gasteiger partial charge >= 0.3 is 12.1 Å². The molecule has 21 heteroatoms. The Morgan fingerprint density at radius 3 is 1.66 bits per heavy atom. The molecule has 0 aliphatic rings. The van der Waals surface area contributed by atoms with Gasteiger partial charge in [0.15, 0.2) is 0 Å². The molecule has 1 unspecified atom stereocenters. The summed E-state index contributed by atoms with van der Waals surface area (Å²) >= 11 is 15.3. The zero-order chi connectivity index (χ0) is 44.0. The standard InChI is InChI=1S/C18H25ClN2O6S.C9H11BrClNO2S.C7H13NO2.CO2/c1-6-27-18(23)15(11-21(5)24)14(12(2)22)9-13-7-8-17(16(19)10-13)28(25,26)20(3)4;1-12(2)15(13,14)9-4-3-7(6-10)5-8(9)11;1-4-7(8-10-3)5-6(2)9;2-1-3/h7-8,10-11,14,24H,6,9H2,1-5H3;3-5H,6H2,1-2H3;4-5H2,1-3H3;/b15-11-;;8-7+;. The van der Waals surface area contributed by atoms with Crippen molar-refractivity contribution in [1.29, 1.82) is 0 Å². The second-order valence-electron chi connectivity index (χ2n) is 11.6. The molecule has 16 nitrogen and oxygen atoms in total. The van der Waals surface area contributed by atoms with Gasteiger partial charge < -0.3 is 9.57 Å². The Morgan fingerprint density at radius 1 is 0.893 bits per heavy atom. The molecule has 2 aromatic carbocycles. The summed E-state index contributed by atoms with van der Waals surface area (Å²) in [5.41, 5.74) is 2.28. The van der Waals surface area contributed by atoms with Gasteiger partial charge in [0.25, 0.3) is 0 Å². The van der Waals surface area contributed by atoms with Gasteiger partial charge in [0.2, 0.25) is 20.0 Å². The molecule has 2 aromatic rings. The van der Waals surface area contributed by atoms with Crippen LogP contribution < -0.4 is 0 Å². The molecular weight excluding hydrogens is 883 g/mol. The minimum absolute atomic E-state index is 0.00874. The van der Waals surface area contributed by atoms with E-state index in [1.165, 1.54) is 73.5 Å². The molecule has 0 bridgehead atoms. The number of alkyl halides is 1. The number of hydrogen-bond acceptors (Lipinski definition) is 14. The van der Waals surface area contributed by atoms with Crippen LogP contribution in [0.15, 0.2) is 63.1 Å². The Morgan fingerprint density at radius 2 is 1.34 bits per heavy atom. The Hall–Kier alpha value is -3.52. The average Bonchev–Trinajstić information content (AvgIpc) is 3.09. The number of oxime groups is 1. The van der Waals surface area contributed by atoms with Crippen LogP contribution in [0, 0.1) is 5.92 Å². The summed E-state index contributed by atoms with van der Waals surface area (Å²) in [7, 11) is 1.37. The Kier molecular flexibility index (Phi) is 26.5. The fraction of sp³-hybridized carbons (Fsp3) is 0.457. The molecule has 0 aromatic heterocycles. The number of ketones is 2. The van der Waals surface area contributed by atoms with Crippen molar-refractivity contribution in [2.45, 2.75) is 62.1 Å². The third-order valence-electron chi connectivity index (χ3n) is 6.89. The summed E-state index contributed by atoms with van der Waals surface area (Å²) in [5.74, 6) is -1.82. The lowest BCUT2D eigenvalue weighted by molar-refractivity contribution is -0.191. The van der Waals surface area contributed by atoms with Crippen LogP contribution in [0.5, 0.6) is 0 Å². The third-order valence-corrected chi connectivity index (χ3v) is 12.1. The number of nitrogens with zero attached hydrogens (tertiary/aromatic N) is 4. The first-order chi connectivity index (χ1) is 25.9. The number of esters is 1. The van der Waals surface area contributed by atoms with Crippen LogP contribution in [0.3, 0.4) is 0 Å². The number of Topliss-reactive ketones (excluding diaryl/α,β-unsaturated/α-hetero) is 2. The summed E-state index contributed by atoms with van der Waals surface area (Å²) in [5, 5.41) is 14.8. The predicted octanol–water partition coefficient (Wildman–Crippen LogP) is 5.39. The molecule has 0 heterocycles. The van der Waals surface area contributed by atoms with Crippen LogP contribution in [-0.4, -0.2) is 114 Å². The minimum Gasteiger partial charge on any atom is -0.463 e. The average molecular weight is 933 g/mol. The van der Waals surface area contributed by atoms with E-state index in [0.717, 1.165) is 32.5 Å². The van der Waals surface area contributed by atoms with Crippen molar-refractivity contribution in [1.82, 2.24) is 13.7 Å². The maximum absolute atomic E-state index is 12.3. The molecule has 314 valence electrons. The van der Waals surface area contributed by atoms with E-state index >= 15 is 0 Å². The zero-order valence-electron chi connectivity index (χ0n) is 32.8. The molecule has 2 rings (SSSR count). The second kappa shape index (κ2) is 27.2. The summed E-state index contributed by atoms with van der Waals surface area (Å²) in [6.07, 6.45) is 2.63. The SMILES string of the molecule is CC/C(CC(C)=O)=N\OC.CCOC(=O)/C(=C\N(C)O)C(Cc1ccc(S(=O)(=O)N(C)C)c(Cl)c1)C(C)=O.CN(C)S(=O)(=O)c1ccc(CBr)cc1Cl.O=C=O. The Labute approximate surface area is 347 Å². The largest absolute Gasteiger partial charge is 0.463 e. The third kappa shape index (κ3) is 19.1. The highest BCUT2D eigenvalue weighted by atomic mass is 79.9. The van der Waals surface area contributed by atoms with Crippen molar-refractivity contribution in [3.05, 3.63) is 69.3 Å². The molecule has 0 saturated heterocycles. The number of carbonyl (C=O) groups excluding carboxylic acids is 5. The van der Waals surface area contributed by atoms with Crippen molar-refractivity contribution in [3.63, 3.8) is 0 Å². The van der Waals surface area contributed by atoms with Crippen LogP contribution in [0.4, 0.5) is 0 Å². The van der Waals surface area contributed by atoms with Crippen molar-refractivity contribution in [2.24, 2.45) is 11.1 Å². The molecule has 0 radical (unpaired) electrons. The van der Waals surface area contributed by atoms with E-state index in [0.29, 0.717) is 22.4 Å². The van der Waals surface area contributed by atoms with E-state index in [1.54, 1.807) is 26.0 Å². The van der Waals surface area contributed by atoms with Gasteiger partial charge in [-0.3, -0.25) is 19.9 Å². The highest BCUT2D eigenvalue weighted by Crippen LogP contribution is 2.28. The molecule has 0 saturated carbocycles.